The number of hydrogen-bond donors (Lipinski definition) is 3. The highest BCUT2D eigenvalue weighted by molar-refractivity contribution is 5.93. The lowest BCUT2D eigenvalue weighted by Gasteiger charge is -2.32. The number of H-pyrrole nitrogens is 1. The summed E-state index contributed by atoms with van der Waals surface area (Å²) in [7, 11) is 0. The van der Waals surface area contributed by atoms with E-state index in [1.165, 1.54) is 0 Å². The van der Waals surface area contributed by atoms with Crippen molar-refractivity contribution in [3.05, 3.63) is 71.9 Å². The van der Waals surface area contributed by atoms with Gasteiger partial charge in [-0.15, -0.1) is 0 Å². The molecule has 0 spiro atoms. The van der Waals surface area contributed by atoms with Crippen molar-refractivity contribution in [2.45, 2.75) is 19.8 Å². The van der Waals surface area contributed by atoms with E-state index in [0.29, 0.717) is 25.3 Å². The van der Waals surface area contributed by atoms with Gasteiger partial charge in [-0.3, -0.25) is 9.89 Å². The van der Waals surface area contributed by atoms with Crippen molar-refractivity contribution in [1.82, 2.24) is 20.4 Å². The fourth-order valence-corrected chi connectivity index (χ4v) is 3.82. The van der Waals surface area contributed by atoms with Crippen molar-refractivity contribution >= 4 is 17.6 Å². The Morgan fingerprint density at radius 2 is 1.90 bits per heavy atom. The smallest absolute Gasteiger partial charge is 0.319 e. The van der Waals surface area contributed by atoms with Crippen molar-refractivity contribution in [1.29, 1.82) is 0 Å². The maximum Gasteiger partial charge on any atom is 0.319 e. The predicted octanol–water partition coefficient (Wildman–Crippen LogP) is 4.06. The van der Waals surface area contributed by atoms with Gasteiger partial charge in [0.05, 0.1) is 5.69 Å². The number of anilines is 1. The quantitative estimate of drug-likeness (QED) is 0.585. The molecule has 3 amide bonds. The van der Waals surface area contributed by atoms with Crippen molar-refractivity contribution < 1.29 is 9.59 Å². The number of rotatable bonds is 5. The van der Waals surface area contributed by atoms with Gasteiger partial charge >= 0.3 is 6.03 Å². The third kappa shape index (κ3) is 5.31. The van der Waals surface area contributed by atoms with Crippen LogP contribution in [0.25, 0.3) is 11.3 Å². The third-order valence-corrected chi connectivity index (χ3v) is 5.54. The van der Waals surface area contributed by atoms with Gasteiger partial charge in [-0.1, -0.05) is 48.0 Å². The monoisotopic (exact) mass is 417 g/mol. The molecule has 160 valence electrons. The number of aromatic nitrogens is 2. The summed E-state index contributed by atoms with van der Waals surface area (Å²) in [4.78, 5) is 27.0. The zero-order valence-corrected chi connectivity index (χ0v) is 17.6. The highest BCUT2D eigenvalue weighted by Crippen LogP contribution is 2.21. The molecule has 1 aromatic heterocycles. The van der Waals surface area contributed by atoms with Crippen LogP contribution in [0.2, 0.25) is 0 Å². The highest BCUT2D eigenvalue weighted by atomic mass is 16.2. The van der Waals surface area contributed by atoms with Crippen LogP contribution in [0.15, 0.2) is 60.7 Å². The Morgan fingerprint density at radius 3 is 2.68 bits per heavy atom. The molecule has 0 radical (unpaired) electrons. The van der Waals surface area contributed by atoms with E-state index in [1.807, 2.05) is 66.4 Å². The van der Waals surface area contributed by atoms with Gasteiger partial charge in [0.1, 0.15) is 5.69 Å². The summed E-state index contributed by atoms with van der Waals surface area (Å²) in [5.41, 5.74) is 4.12. The summed E-state index contributed by atoms with van der Waals surface area (Å²) in [5.74, 6) is 0.168. The van der Waals surface area contributed by atoms with Gasteiger partial charge in [-0.2, -0.15) is 5.10 Å². The first-order chi connectivity index (χ1) is 15.1. The Labute approximate surface area is 181 Å². The fraction of sp³-hybridized carbons (Fsp3) is 0.292. The fourth-order valence-electron chi connectivity index (χ4n) is 3.82. The first-order valence-electron chi connectivity index (χ1n) is 10.6. The number of aryl methyl sites for hydroxylation is 1. The summed E-state index contributed by atoms with van der Waals surface area (Å²) in [6, 6.07) is 19.0. The van der Waals surface area contributed by atoms with Crippen molar-refractivity contribution in [3.8, 4) is 11.3 Å². The molecule has 1 saturated heterocycles. The molecule has 7 heteroatoms. The number of carbonyl (C=O) groups is 2. The van der Waals surface area contributed by atoms with Crippen LogP contribution >= 0.6 is 0 Å². The molecule has 1 unspecified atom stereocenters. The van der Waals surface area contributed by atoms with Gasteiger partial charge < -0.3 is 15.5 Å². The predicted molar refractivity (Wildman–Crippen MR) is 121 cm³/mol. The average molecular weight is 418 g/mol. The Balaban J connectivity index is 1.30. The third-order valence-electron chi connectivity index (χ3n) is 5.54. The molecule has 1 atom stereocenters. The first kappa shape index (κ1) is 20.7. The van der Waals surface area contributed by atoms with E-state index in [-0.39, 0.29) is 17.9 Å². The van der Waals surface area contributed by atoms with Gasteiger partial charge in [0, 0.05) is 30.9 Å². The number of aromatic amines is 1. The minimum absolute atomic E-state index is 0.0523. The molecule has 4 rings (SSSR count). The molecule has 0 saturated carbocycles. The molecule has 0 aliphatic carbocycles. The van der Waals surface area contributed by atoms with Crippen LogP contribution < -0.4 is 10.6 Å². The van der Waals surface area contributed by atoms with Crippen molar-refractivity contribution in [2.75, 3.05) is 25.0 Å². The molecule has 3 N–H and O–H groups in total. The molecular formula is C24H27N5O2. The van der Waals surface area contributed by atoms with Crippen molar-refractivity contribution in [2.24, 2.45) is 5.92 Å². The minimum Gasteiger partial charge on any atom is -0.338 e. The van der Waals surface area contributed by atoms with E-state index >= 15 is 0 Å². The standard InChI is InChI=1S/C24H27N5O2/c1-17-9-11-20(12-10-17)26-24(31)25-15-18-6-5-13-29(16-18)23(30)22-14-21(27-28-22)19-7-3-2-4-8-19/h2-4,7-12,14,18H,5-6,13,15-16H2,1H3,(H,27,28)(H2,25,26,31). The lowest BCUT2D eigenvalue weighted by Crippen LogP contribution is -2.44. The lowest BCUT2D eigenvalue weighted by molar-refractivity contribution is 0.0669. The molecular weight excluding hydrogens is 390 g/mol. The van der Waals surface area contributed by atoms with Gasteiger partial charge in [-0.05, 0) is 43.9 Å². The van der Waals surface area contributed by atoms with Crippen molar-refractivity contribution in [3.63, 3.8) is 0 Å². The SMILES string of the molecule is Cc1ccc(NC(=O)NCC2CCCN(C(=O)c3cc(-c4ccccc4)n[nH]3)C2)cc1. The average Bonchev–Trinajstić information content (AvgIpc) is 3.30. The summed E-state index contributed by atoms with van der Waals surface area (Å²) in [6.45, 7) is 3.86. The maximum atomic E-state index is 13.0. The van der Waals surface area contributed by atoms with Gasteiger partial charge in [-0.25, -0.2) is 4.79 Å². The molecule has 1 fully saturated rings. The number of benzene rings is 2. The van der Waals surface area contributed by atoms with E-state index in [9.17, 15) is 9.59 Å². The van der Waals surface area contributed by atoms with E-state index in [1.54, 1.807) is 6.07 Å². The second-order valence-corrected chi connectivity index (χ2v) is 7.99. The minimum atomic E-state index is -0.228. The zero-order valence-electron chi connectivity index (χ0n) is 17.6. The molecule has 3 aromatic rings. The zero-order chi connectivity index (χ0) is 21.6. The molecule has 1 aliphatic heterocycles. The number of carbonyl (C=O) groups excluding carboxylic acids is 2. The number of nitrogens with one attached hydrogen (secondary N) is 3. The van der Waals surface area contributed by atoms with Gasteiger partial charge in [0.15, 0.2) is 0 Å². The topological polar surface area (TPSA) is 90.1 Å². The van der Waals surface area contributed by atoms with E-state index in [4.69, 9.17) is 0 Å². The largest absolute Gasteiger partial charge is 0.338 e. The second-order valence-electron chi connectivity index (χ2n) is 7.99. The Kier molecular flexibility index (Phi) is 6.31. The van der Waals surface area contributed by atoms with E-state index in [2.05, 4.69) is 20.8 Å². The molecule has 2 heterocycles. The maximum absolute atomic E-state index is 13.0. The number of urea groups is 1. The molecule has 7 nitrogen and oxygen atoms in total. The Morgan fingerprint density at radius 1 is 1.13 bits per heavy atom. The number of nitrogens with zero attached hydrogens (tertiary/aromatic N) is 2. The number of amides is 3. The molecule has 0 bridgehead atoms. The number of hydrogen-bond acceptors (Lipinski definition) is 3. The summed E-state index contributed by atoms with van der Waals surface area (Å²) in [6.07, 6.45) is 1.89. The van der Waals surface area contributed by atoms with Crippen LogP contribution in [-0.4, -0.2) is 46.7 Å². The van der Waals surface area contributed by atoms with Crippen LogP contribution in [0.4, 0.5) is 10.5 Å². The second kappa shape index (κ2) is 9.47. The first-order valence-corrected chi connectivity index (χ1v) is 10.6. The summed E-state index contributed by atoms with van der Waals surface area (Å²) < 4.78 is 0. The highest BCUT2D eigenvalue weighted by Gasteiger charge is 2.26. The van der Waals surface area contributed by atoms with Crippen LogP contribution in [0.1, 0.15) is 28.9 Å². The Bertz CT molecular complexity index is 1030. The van der Waals surface area contributed by atoms with Gasteiger partial charge in [0.2, 0.25) is 0 Å². The van der Waals surface area contributed by atoms with Crippen LogP contribution in [0.3, 0.4) is 0 Å². The molecule has 2 aromatic carbocycles. The summed E-state index contributed by atoms with van der Waals surface area (Å²) >= 11 is 0. The Hall–Kier alpha value is -3.61. The lowest BCUT2D eigenvalue weighted by atomic mass is 9.97. The number of piperidine rings is 1. The van der Waals surface area contributed by atoms with E-state index in [0.717, 1.165) is 35.3 Å². The summed E-state index contributed by atoms with van der Waals surface area (Å²) in [5, 5.41) is 12.9. The molecule has 31 heavy (non-hydrogen) atoms. The number of likely N-dealkylation sites (tertiary alicyclic amines) is 1. The normalized spacial score (nSPS) is 16.0. The van der Waals surface area contributed by atoms with E-state index < -0.39 is 0 Å². The van der Waals surface area contributed by atoms with Gasteiger partial charge in [0.25, 0.3) is 5.91 Å². The molecule has 1 aliphatic rings. The van der Waals surface area contributed by atoms with Crippen LogP contribution in [0.5, 0.6) is 0 Å². The van der Waals surface area contributed by atoms with Crippen LogP contribution in [0, 0.1) is 12.8 Å². The van der Waals surface area contributed by atoms with Crippen LogP contribution in [-0.2, 0) is 0 Å².